The Morgan fingerprint density at radius 3 is 2.57 bits per heavy atom. The van der Waals surface area contributed by atoms with Crippen molar-refractivity contribution in [2.75, 3.05) is 19.7 Å². The minimum Gasteiger partial charge on any atom is -0.482 e. The van der Waals surface area contributed by atoms with Crippen molar-refractivity contribution in [2.24, 2.45) is 11.7 Å². The molecule has 0 aromatic heterocycles. The molecule has 114 valence electrons. The number of primary amides is 1. The number of nitrogens with zero attached hydrogens (tertiary/aromatic N) is 1. The molecule has 0 saturated carbocycles. The van der Waals surface area contributed by atoms with Crippen LogP contribution in [0.1, 0.15) is 12.8 Å². The molecule has 7 heteroatoms. The number of rotatable bonds is 4. The number of carbonyl (C=O) groups excluding carboxylic acids is 2. The molecule has 1 aliphatic rings. The highest BCUT2D eigenvalue weighted by molar-refractivity contribution is 6.34. The molecule has 1 saturated heterocycles. The van der Waals surface area contributed by atoms with Gasteiger partial charge in [0.1, 0.15) is 5.75 Å². The highest BCUT2D eigenvalue weighted by Crippen LogP contribution is 2.27. The molecule has 1 heterocycles. The van der Waals surface area contributed by atoms with E-state index in [0.29, 0.717) is 41.7 Å². The molecular weight excluding hydrogens is 315 g/mol. The molecule has 2 rings (SSSR count). The van der Waals surface area contributed by atoms with E-state index in [-0.39, 0.29) is 24.3 Å². The number of hydrogen-bond acceptors (Lipinski definition) is 3. The summed E-state index contributed by atoms with van der Waals surface area (Å²) < 4.78 is 5.41. The van der Waals surface area contributed by atoms with Gasteiger partial charge in [0.25, 0.3) is 5.91 Å². The lowest BCUT2D eigenvalue weighted by atomic mass is 9.96. The molecule has 2 N–H and O–H groups in total. The zero-order chi connectivity index (χ0) is 15.4. The quantitative estimate of drug-likeness (QED) is 0.918. The Bertz CT molecular complexity index is 543. The maximum absolute atomic E-state index is 12.1. The molecule has 0 unspecified atom stereocenters. The first-order valence-electron chi connectivity index (χ1n) is 6.62. The molecule has 1 aromatic carbocycles. The van der Waals surface area contributed by atoms with Crippen LogP contribution in [0.15, 0.2) is 18.2 Å². The van der Waals surface area contributed by atoms with Crippen LogP contribution in [0.5, 0.6) is 5.75 Å². The van der Waals surface area contributed by atoms with Crippen molar-refractivity contribution in [1.29, 1.82) is 0 Å². The van der Waals surface area contributed by atoms with Crippen LogP contribution in [-0.4, -0.2) is 36.4 Å². The summed E-state index contributed by atoms with van der Waals surface area (Å²) in [7, 11) is 0. The van der Waals surface area contributed by atoms with E-state index in [2.05, 4.69) is 0 Å². The third-order valence-electron chi connectivity index (χ3n) is 3.49. The highest BCUT2D eigenvalue weighted by atomic mass is 35.5. The van der Waals surface area contributed by atoms with Crippen molar-refractivity contribution in [3.63, 3.8) is 0 Å². The zero-order valence-corrected chi connectivity index (χ0v) is 12.9. The average Bonchev–Trinajstić information content (AvgIpc) is 2.48. The minimum atomic E-state index is -0.302. The molecule has 0 atom stereocenters. The zero-order valence-electron chi connectivity index (χ0n) is 11.4. The van der Waals surface area contributed by atoms with Gasteiger partial charge in [0.2, 0.25) is 5.91 Å². The second-order valence-electron chi connectivity index (χ2n) is 4.92. The number of benzene rings is 1. The van der Waals surface area contributed by atoms with E-state index in [1.165, 1.54) is 0 Å². The third kappa shape index (κ3) is 4.25. The minimum absolute atomic E-state index is 0.110. The van der Waals surface area contributed by atoms with Crippen LogP contribution in [-0.2, 0) is 9.59 Å². The van der Waals surface area contributed by atoms with Crippen LogP contribution in [0.3, 0.4) is 0 Å². The van der Waals surface area contributed by atoms with Crippen molar-refractivity contribution >= 4 is 35.0 Å². The van der Waals surface area contributed by atoms with Crippen LogP contribution >= 0.6 is 23.2 Å². The number of piperidine rings is 1. The van der Waals surface area contributed by atoms with E-state index in [1.807, 2.05) is 0 Å². The van der Waals surface area contributed by atoms with E-state index >= 15 is 0 Å². The molecule has 1 fully saturated rings. The van der Waals surface area contributed by atoms with Gasteiger partial charge in [0.15, 0.2) is 6.61 Å². The first kappa shape index (κ1) is 15.9. The molecule has 0 bridgehead atoms. The summed E-state index contributed by atoms with van der Waals surface area (Å²) in [6.45, 7) is 0.916. The summed E-state index contributed by atoms with van der Waals surface area (Å²) in [6.07, 6.45) is 1.19. The van der Waals surface area contributed by atoms with Crippen LogP contribution in [0, 0.1) is 5.92 Å². The lowest BCUT2D eigenvalue weighted by molar-refractivity contribution is -0.136. The van der Waals surface area contributed by atoms with Gasteiger partial charge in [-0.25, -0.2) is 0 Å². The summed E-state index contributed by atoms with van der Waals surface area (Å²) in [4.78, 5) is 24.8. The molecule has 2 amide bonds. The van der Waals surface area contributed by atoms with Crippen molar-refractivity contribution in [3.05, 3.63) is 28.2 Å². The van der Waals surface area contributed by atoms with E-state index in [4.69, 9.17) is 33.7 Å². The summed E-state index contributed by atoms with van der Waals surface area (Å²) in [6, 6.07) is 4.83. The lowest BCUT2D eigenvalue weighted by Gasteiger charge is -2.30. The van der Waals surface area contributed by atoms with E-state index in [9.17, 15) is 9.59 Å². The van der Waals surface area contributed by atoms with Gasteiger partial charge in [0.05, 0.1) is 5.02 Å². The Kier molecular flexibility index (Phi) is 5.31. The number of halogens is 2. The highest BCUT2D eigenvalue weighted by Gasteiger charge is 2.26. The fourth-order valence-electron chi connectivity index (χ4n) is 2.23. The summed E-state index contributed by atoms with van der Waals surface area (Å²) >= 11 is 11.8. The summed E-state index contributed by atoms with van der Waals surface area (Å²) in [5.41, 5.74) is 5.26. The summed E-state index contributed by atoms with van der Waals surface area (Å²) in [5.74, 6) is -0.208. The van der Waals surface area contributed by atoms with E-state index in [1.54, 1.807) is 23.1 Å². The Morgan fingerprint density at radius 2 is 1.95 bits per heavy atom. The fourth-order valence-corrected chi connectivity index (χ4v) is 2.57. The predicted molar refractivity (Wildman–Crippen MR) is 80.5 cm³/mol. The Labute approximate surface area is 132 Å². The van der Waals surface area contributed by atoms with Gasteiger partial charge in [-0.3, -0.25) is 9.59 Å². The molecule has 1 aromatic rings. The number of likely N-dealkylation sites (tertiary alicyclic amines) is 1. The lowest BCUT2D eigenvalue weighted by Crippen LogP contribution is -2.43. The SMILES string of the molecule is NC(=O)C1CCN(C(=O)COc2cc(Cl)ccc2Cl)CC1. The van der Waals surface area contributed by atoms with Crippen LogP contribution in [0.2, 0.25) is 10.0 Å². The fraction of sp³-hybridized carbons (Fsp3) is 0.429. The van der Waals surface area contributed by atoms with Gasteiger partial charge in [-0.2, -0.15) is 0 Å². The largest absolute Gasteiger partial charge is 0.482 e. The molecule has 21 heavy (non-hydrogen) atoms. The molecule has 0 aliphatic carbocycles. The Morgan fingerprint density at radius 1 is 1.29 bits per heavy atom. The first-order chi connectivity index (χ1) is 9.97. The standard InChI is InChI=1S/C14H16Cl2N2O3/c15-10-1-2-11(16)12(7-10)21-8-13(19)18-5-3-9(4-6-18)14(17)20/h1-2,7,9H,3-6,8H2,(H2,17,20). The maximum Gasteiger partial charge on any atom is 0.260 e. The number of amides is 2. The molecule has 1 aliphatic heterocycles. The van der Waals surface area contributed by atoms with Crippen LogP contribution < -0.4 is 10.5 Å². The predicted octanol–water partition coefficient (Wildman–Crippen LogP) is 2.10. The first-order valence-corrected chi connectivity index (χ1v) is 7.38. The summed E-state index contributed by atoms with van der Waals surface area (Å²) in [5, 5.41) is 0.892. The topological polar surface area (TPSA) is 72.6 Å². The van der Waals surface area contributed by atoms with Crippen molar-refractivity contribution in [2.45, 2.75) is 12.8 Å². The van der Waals surface area contributed by atoms with E-state index < -0.39 is 0 Å². The normalized spacial score (nSPS) is 15.8. The Balaban J connectivity index is 1.85. The van der Waals surface area contributed by atoms with Gasteiger partial charge >= 0.3 is 0 Å². The molecule has 0 spiro atoms. The maximum atomic E-state index is 12.1. The van der Waals surface area contributed by atoms with Crippen molar-refractivity contribution < 1.29 is 14.3 Å². The van der Waals surface area contributed by atoms with Crippen molar-refractivity contribution in [1.82, 2.24) is 4.90 Å². The van der Waals surface area contributed by atoms with Gasteiger partial charge in [0, 0.05) is 30.1 Å². The second kappa shape index (κ2) is 7.00. The smallest absolute Gasteiger partial charge is 0.260 e. The van der Waals surface area contributed by atoms with Crippen LogP contribution in [0.25, 0.3) is 0 Å². The Hall–Kier alpha value is -1.46. The van der Waals surface area contributed by atoms with Crippen molar-refractivity contribution in [3.8, 4) is 5.75 Å². The molecule has 0 radical (unpaired) electrons. The number of carbonyl (C=O) groups is 2. The number of hydrogen-bond donors (Lipinski definition) is 1. The second-order valence-corrected chi connectivity index (χ2v) is 5.76. The third-order valence-corrected chi connectivity index (χ3v) is 4.04. The number of nitrogens with two attached hydrogens (primary N) is 1. The van der Waals surface area contributed by atoms with E-state index in [0.717, 1.165) is 0 Å². The van der Waals surface area contributed by atoms with Gasteiger partial charge in [-0.1, -0.05) is 23.2 Å². The van der Waals surface area contributed by atoms with Gasteiger partial charge in [-0.15, -0.1) is 0 Å². The van der Waals surface area contributed by atoms with Crippen LogP contribution in [0.4, 0.5) is 0 Å². The average molecular weight is 331 g/mol. The molecule has 5 nitrogen and oxygen atoms in total. The monoisotopic (exact) mass is 330 g/mol. The van der Waals surface area contributed by atoms with Gasteiger partial charge in [-0.05, 0) is 25.0 Å². The number of ether oxygens (including phenoxy) is 1. The molecular formula is C14H16Cl2N2O3. The van der Waals surface area contributed by atoms with Gasteiger partial charge < -0.3 is 15.4 Å².